The minimum absolute atomic E-state index is 0.0202. The van der Waals surface area contributed by atoms with Gasteiger partial charge in [0.2, 0.25) is 5.91 Å². The predicted octanol–water partition coefficient (Wildman–Crippen LogP) is 2.63. The molecule has 2 rings (SSSR count). The van der Waals surface area contributed by atoms with E-state index in [0.717, 1.165) is 11.1 Å². The van der Waals surface area contributed by atoms with E-state index >= 15 is 0 Å². The zero-order valence-electron chi connectivity index (χ0n) is 11.3. The maximum absolute atomic E-state index is 11.8. The van der Waals surface area contributed by atoms with Crippen LogP contribution in [0.4, 0.5) is 0 Å². The fourth-order valence-corrected chi connectivity index (χ4v) is 2.03. The SMILES string of the molecule is C#CC(C)(C)NC(=O)CCc1c[nH]c2ccccc12. The van der Waals surface area contributed by atoms with Gasteiger partial charge >= 0.3 is 0 Å². The zero-order valence-corrected chi connectivity index (χ0v) is 11.3. The number of aromatic nitrogens is 1. The van der Waals surface area contributed by atoms with Crippen molar-refractivity contribution >= 4 is 16.8 Å². The Kier molecular flexibility index (Phi) is 3.62. The van der Waals surface area contributed by atoms with Crippen molar-refractivity contribution in [1.82, 2.24) is 10.3 Å². The van der Waals surface area contributed by atoms with Gasteiger partial charge < -0.3 is 10.3 Å². The van der Waals surface area contributed by atoms with Crippen LogP contribution in [0.15, 0.2) is 30.5 Å². The number of para-hydroxylation sites is 1. The molecule has 0 radical (unpaired) electrons. The normalized spacial score (nSPS) is 11.2. The van der Waals surface area contributed by atoms with E-state index in [9.17, 15) is 4.79 Å². The molecule has 19 heavy (non-hydrogen) atoms. The molecule has 1 amide bonds. The number of H-pyrrole nitrogens is 1. The molecular weight excluding hydrogens is 236 g/mol. The van der Waals surface area contributed by atoms with Crippen LogP contribution in [0.1, 0.15) is 25.8 Å². The highest BCUT2D eigenvalue weighted by Crippen LogP contribution is 2.19. The van der Waals surface area contributed by atoms with E-state index < -0.39 is 5.54 Å². The molecule has 0 aliphatic rings. The molecule has 0 atom stereocenters. The first-order valence-electron chi connectivity index (χ1n) is 6.35. The molecule has 2 aromatic rings. The van der Waals surface area contributed by atoms with Crippen LogP contribution in [0, 0.1) is 12.3 Å². The van der Waals surface area contributed by atoms with Crippen LogP contribution in [0.2, 0.25) is 0 Å². The van der Waals surface area contributed by atoms with Crippen LogP contribution in [-0.2, 0) is 11.2 Å². The number of aromatic amines is 1. The smallest absolute Gasteiger partial charge is 0.221 e. The molecule has 0 aliphatic carbocycles. The highest BCUT2D eigenvalue weighted by atomic mass is 16.1. The van der Waals surface area contributed by atoms with Crippen LogP contribution in [0.25, 0.3) is 10.9 Å². The van der Waals surface area contributed by atoms with Gasteiger partial charge in [-0.2, -0.15) is 0 Å². The van der Waals surface area contributed by atoms with Gasteiger partial charge in [-0.1, -0.05) is 24.1 Å². The fourth-order valence-electron chi connectivity index (χ4n) is 2.03. The number of hydrogen-bond donors (Lipinski definition) is 2. The lowest BCUT2D eigenvalue weighted by Crippen LogP contribution is -2.42. The van der Waals surface area contributed by atoms with Crippen molar-refractivity contribution in [1.29, 1.82) is 0 Å². The molecule has 0 saturated heterocycles. The number of amides is 1. The maximum Gasteiger partial charge on any atom is 0.221 e. The van der Waals surface area contributed by atoms with Crippen LogP contribution >= 0.6 is 0 Å². The van der Waals surface area contributed by atoms with Crippen LogP contribution < -0.4 is 5.32 Å². The predicted molar refractivity (Wildman–Crippen MR) is 77.7 cm³/mol. The molecule has 0 bridgehead atoms. The topological polar surface area (TPSA) is 44.9 Å². The molecule has 3 nitrogen and oxygen atoms in total. The van der Waals surface area contributed by atoms with Crippen molar-refractivity contribution in [3.05, 3.63) is 36.0 Å². The average Bonchev–Trinajstić information content (AvgIpc) is 2.79. The number of rotatable bonds is 4. The first-order chi connectivity index (χ1) is 9.02. The first-order valence-corrected chi connectivity index (χ1v) is 6.35. The van der Waals surface area contributed by atoms with E-state index in [-0.39, 0.29) is 5.91 Å². The Morgan fingerprint density at radius 3 is 2.89 bits per heavy atom. The molecule has 1 aromatic heterocycles. The van der Waals surface area contributed by atoms with E-state index in [1.165, 1.54) is 5.39 Å². The van der Waals surface area contributed by atoms with Crippen LogP contribution in [0.5, 0.6) is 0 Å². The average molecular weight is 254 g/mol. The Balaban J connectivity index is 2.00. The Morgan fingerprint density at radius 1 is 1.42 bits per heavy atom. The van der Waals surface area contributed by atoms with Crippen molar-refractivity contribution in [3.63, 3.8) is 0 Å². The second kappa shape index (κ2) is 5.19. The van der Waals surface area contributed by atoms with Gasteiger partial charge in [-0.3, -0.25) is 4.79 Å². The lowest BCUT2D eigenvalue weighted by molar-refractivity contribution is -0.122. The highest BCUT2D eigenvalue weighted by molar-refractivity contribution is 5.84. The molecule has 0 spiro atoms. The monoisotopic (exact) mass is 254 g/mol. The maximum atomic E-state index is 11.8. The van der Waals surface area contributed by atoms with Crippen molar-refractivity contribution in [2.24, 2.45) is 0 Å². The third-order valence-electron chi connectivity index (χ3n) is 3.11. The largest absolute Gasteiger partial charge is 0.361 e. The van der Waals surface area contributed by atoms with E-state index in [1.807, 2.05) is 38.2 Å². The number of aryl methyl sites for hydroxylation is 1. The van der Waals surface area contributed by atoms with Gasteiger partial charge in [0.05, 0.1) is 5.54 Å². The number of carbonyl (C=O) groups excluding carboxylic acids is 1. The van der Waals surface area contributed by atoms with Crippen molar-refractivity contribution in [2.75, 3.05) is 0 Å². The number of hydrogen-bond acceptors (Lipinski definition) is 1. The Morgan fingerprint density at radius 2 is 2.16 bits per heavy atom. The van der Waals surface area contributed by atoms with Gasteiger partial charge in [0, 0.05) is 23.5 Å². The fraction of sp³-hybridized carbons (Fsp3) is 0.312. The molecule has 0 unspecified atom stereocenters. The zero-order chi connectivity index (χ0) is 13.9. The molecular formula is C16H18N2O. The number of nitrogens with one attached hydrogen (secondary N) is 2. The van der Waals surface area contributed by atoms with Crippen molar-refractivity contribution in [2.45, 2.75) is 32.2 Å². The summed E-state index contributed by atoms with van der Waals surface area (Å²) in [6, 6.07) is 8.08. The van der Waals surface area contributed by atoms with E-state index in [2.05, 4.69) is 22.3 Å². The molecule has 98 valence electrons. The summed E-state index contributed by atoms with van der Waals surface area (Å²) in [6.07, 6.45) is 8.45. The minimum atomic E-state index is -0.586. The second-order valence-corrected chi connectivity index (χ2v) is 5.18. The Bertz CT molecular complexity index is 631. The number of carbonyl (C=O) groups is 1. The molecule has 2 N–H and O–H groups in total. The summed E-state index contributed by atoms with van der Waals surface area (Å²) in [4.78, 5) is 15.0. The van der Waals surface area contributed by atoms with E-state index in [1.54, 1.807) is 0 Å². The first kappa shape index (κ1) is 13.2. The quantitative estimate of drug-likeness (QED) is 0.809. The van der Waals surface area contributed by atoms with E-state index in [4.69, 9.17) is 6.42 Å². The molecule has 0 aliphatic heterocycles. The molecule has 1 heterocycles. The third-order valence-corrected chi connectivity index (χ3v) is 3.11. The summed E-state index contributed by atoms with van der Waals surface area (Å²) < 4.78 is 0. The van der Waals surface area contributed by atoms with Crippen molar-refractivity contribution in [3.8, 4) is 12.3 Å². The van der Waals surface area contributed by atoms with Gasteiger partial charge in [-0.25, -0.2) is 0 Å². The van der Waals surface area contributed by atoms with Crippen LogP contribution in [-0.4, -0.2) is 16.4 Å². The van der Waals surface area contributed by atoms with Crippen molar-refractivity contribution < 1.29 is 4.79 Å². The summed E-state index contributed by atoms with van der Waals surface area (Å²) in [5.74, 6) is 2.54. The van der Waals surface area contributed by atoms with Gasteiger partial charge in [0.15, 0.2) is 0 Å². The summed E-state index contributed by atoms with van der Waals surface area (Å²) >= 11 is 0. The summed E-state index contributed by atoms with van der Waals surface area (Å²) in [5.41, 5.74) is 1.67. The number of fused-ring (bicyclic) bond motifs is 1. The molecule has 0 fully saturated rings. The highest BCUT2D eigenvalue weighted by Gasteiger charge is 2.16. The van der Waals surface area contributed by atoms with Gasteiger partial charge in [-0.05, 0) is 31.9 Å². The van der Waals surface area contributed by atoms with Crippen LogP contribution in [0.3, 0.4) is 0 Å². The van der Waals surface area contributed by atoms with Gasteiger partial charge in [-0.15, -0.1) is 6.42 Å². The summed E-state index contributed by atoms with van der Waals surface area (Å²) in [7, 11) is 0. The Hall–Kier alpha value is -2.21. The summed E-state index contributed by atoms with van der Waals surface area (Å²) in [5, 5.41) is 4.00. The second-order valence-electron chi connectivity index (χ2n) is 5.18. The standard InChI is InChI=1S/C16H18N2O/c1-4-16(2,3)18-15(19)10-9-12-11-17-14-8-6-5-7-13(12)14/h1,5-8,11,17H,9-10H2,2-3H3,(H,18,19). The molecule has 1 aromatic carbocycles. The minimum Gasteiger partial charge on any atom is -0.361 e. The Labute approximate surface area is 113 Å². The lowest BCUT2D eigenvalue weighted by Gasteiger charge is -2.19. The summed E-state index contributed by atoms with van der Waals surface area (Å²) in [6.45, 7) is 3.63. The molecule has 0 saturated carbocycles. The van der Waals surface area contributed by atoms with Gasteiger partial charge in [0.25, 0.3) is 0 Å². The van der Waals surface area contributed by atoms with E-state index in [0.29, 0.717) is 12.8 Å². The number of benzene rings is 1. The third kappa shape index (κ3) is 3.17. The molecule has 3 heteroatoms. The lowest BCUT2D eigenvalue weighted by atomic mass is 10.1. The number of terminal acetylenes is 1. The van der Waals surface area contributed by atoms with Gasteiger partial charge in [0.1, 0.15) is 0 Å².